The zero-order chi connectivity index (χ0) is 36.8. The molecule has 1 aliphatic rings. The number of aromatic amines is 1. The van der Waals surface area contributed by atoms with Crippen molar-refractivity contribution in [1.82, 2.24) is 19.9 Å². The molecule has 12 nitrogen and oxygen atoms in total. The molecule has 3 atom stereocenters. The fraction of sp³-hybridized carbons (Fsp3) is 0.289. The van der Waals surface area contributed by atoms with E-state index in [4.69, 9.17) is 9.47 Å². The summed E-state index contributed by atoms with van der Waals surface area (Å²) >= 11 is 1.95. The Morgan fingerprint density at radius 2 is 1.33 bits per heavy atom. The van der Waals surface area contributed by atoms with Crippen LogP contribution in [0.3, 0.4) is 0 Å². The number of nitrogens with one attached hydrogen (secondary N) is 1. The number of thiazole rings is 1. The number of ether oxygens (including phenoxy) is 2. The van der Waals surface area contributed by atoms with E-state index in [1.54, 1.807) is 55.6 Å². The van der Waals surface area contributed by atoms with Gasteiger partial charge in [-0.15, -0.1) is 0 Å². The number of aliphatic hydroxyl groups excluding tert-OH is 2. The molecule has 1 aliphatic heterocycles. The minimum atomic E-state index is -1.02. The molecule has 0 aliphatic carbocycles. The average Bonchev–Trinajstić information content (AvgIpc) is 3.58. The molecule has 0 radical (unpaired) electrons. The highest BCUT2D eigenvalue weighted by Gasteiger charge is 2.49. The first kappa shape index (κ1) is 36.8. The second kappa shape index (κ2) is 16.1. The molecular formula is C38H38N4O8S2. The number of imide groups is 1. The second-order valence-corrected chi connectivity index (χ2v) is 15.1. The van der Waals surface area contributed by atoms with Gasteiger partial charge in [0.15, 0.2) is 0 Å². The molecule has 3 unspecified atom stereocenters. The van der Waals surface area contributed by atoms with Crippen molar-refractivity contribution in [2.45, 2.75) is 56.6 Å². The van der Waals surface area contributed by atoms with Gasteiger partial charge in [0, 0.05) is 18.8 Å². The van der Waals surface area contributed by atoms with Crippen LogP contribution >= 0.6 is 23.1 Å². The van der Waals surface area contributed by atoms with E-state index in [0.29, 0.717) is 46.2 Å². The van der Waals surface area contributed by atoms with Crippen molar-refractivity contribution in [2.24, 2.45) is 0 Å². The zero-order valence-corrected chi connectivity index (χ0v) is 30.2. The molecule has 5 aromatic rings. The predicted molar refractivity (Wildman–Crippen MR) is 197 cm³/mol. The molecule has 6 rings (SSSR count). The topological polar surface area (TPSA) is 175 Å². The van der Waals surface area contributed by atoms with Gasteiger partial charge in [-0.2, -0.15) is 0 Å². The Morgan fingerprint density at radius 1 is 0.788 bits per heavy atom. The zero-order valence-electron chi connectivity index (χ0n) is 28.5. The van der Waals surface area contributed by atoms with Crippen molar-refractivity contribution in [2.75, 3.05) is 13.2 Å². The van der Waals surface area contributed by atoms with Crippen molar-refractivity contribution in [3.8, 4) is 17.4 Å². The lowest BCUT2D eigenvalue weighted by Crippen LogP contribution is -2.38. The lowest BCUT2D eigenvalue weighted by molar-refractivity contribution is -0.129. The van der Waals surface area contributed by atoms with Gasteiger partial charge in [0.1, 0.15) is 41.7 Å². The van der Waals surface area contributed by atoms with E-state index in [1.165, 1.54) is 11.1 Å². The van der Waals surface area contributed by atoms with Crippen LogP contribution in [0, 0.1) is 0 Å². The fourth-order valence-electron chi connectivity index (χ4n) is 5.63. The summed E-state index contributed by atoms with van der Waals surface area (Å²) < 4.78 is 10.5. The van der Waals surface area contributed by atoms with Crippen LogP contribution in [0.2, 0.25) is 0 Å². The van der Waals surface area contributed by atoms with Crippen molar-refractivity contribution in [1.29, 1.82) is 0 Å². The van der Waals surface area contributed by atoms with Crippen LogP contribution in [0.5, 0.6) is 17.4 Å². The molecule has 0 bridgehead atoms. The number of thioether (sulfide) groups is 1. The molecule has 1 fully saturated rings. The largest absolute Gasteiger partial charge is 0.494 e. The third kappa shape index (κ3) is 8.88. The van der Waals surface area contributed by atoms with Gasteiger partial charge in [-0.05, 0) is 90.2 Å². The first-order valence-electron chi connectivity index (χ1n) is 16.6. The van der Waals surface area contributed by atoms with Gasteiger partial charge in [0.25, 0.3) is 5.24 Å². The first-order valence-corrected chi connectivity index (χ1v) is 18.3. The number of hydrogen-bond donors (Lipinski definition) is 4. The summed E-state index contributed by atoms with van der Waals surface area (Å²) in [7, 11) is 0. The number of carbonyl (C=O) groups excluding carboxylic acids is 2. The van der Waals surface area contributed by atoms with E-state index in [9.17, 15) is 29.7 Å². The Hall–Kier alpha value is -5.02. The minimum Gasteiger partial charge on any atom is -0.494 e. The summed E-state index contributed by atoms with van der Waals surface area (Å²) in [6, 6.07) is 21.4. The third-order valence-corrected chi connectivity index (χ3v) is 10.7. The Bertz CT molecular complexity index is 2050. The van der Waals surface area contributed by atoms with Crippen LogP contribution in [0.1, 0.15) is 64.6 Å². The first-order chi connectivity index (χ1) is 25.0. The Balaban J connectivity index is 0.973. The maximum atomic E-state index is 13.5. The summed E-state index contributed by atoms with van der Waals surface area (Å²) in [6.07, 6.45) is 2.99. The second-order valence-electron chi connectivity index (χ2n) is 12.6. The molecule has 14 heteroatoms. The van der Waals surface area contributed by atoms with E-state index in [2.05, 4.69) is 15.0 Å². The highest BCUT2D eigenvalue weighted by atomic mass is 32.2. The third-order valence-electron chi connectivity index (χ3n) is 8.63. The van der Waals surface area contributed by atoms with Crippen LogP contribution in [0.15, 0.2) is 90.0 Å². The molecule has 52 heavy (non-hydrogen) atoms. The van der Waals surface area contributed by atoms with E-state index < -0.39 is 17.0 Å². The summed E-state index contributed by atoms with van der Waals surface area (Å²) in [6.45, 7) is 3.84. The smallest absolute Gasteiger partial charge is 0.307 e. The maximum absolute atomic E-state index is 13.5. The van der Waals surface area contributed by atoms with Gasteiger partial charge in [-0.1, -0.05) is 54.7 Å². The van der Waals surface area contributed by atoms with Crippen LogP contribution in [-0.2, 0) is 30.6 Å². The predicted octanol–water partition coefficient (Wildman–Crippen LogP) is 5.51. The van der Waals surface area contributed by atoms with E-state index >= 15 is 0 Å². The molecule has 2 aromatic carbocycles. The summed E-state index contributed by atoms with van der Waals surface area (Å²) in [4.78, 5) is 50.4. The van der Waals surface area contributed by atoms with Crippen molar-refractivity contribution >= 4 is 34.2 Å². The maximum Gasteiger partial charge on any atom is 0.307 e. The molecule has 2 amide bonds. The van der Waals surface area contributed by atoms with Gasteiger partial charge in [0.05, 0.1) is 22.8 Å². The van der Waals surface area contributed by atoms with Gasteiger partial charge in [0.2, 0.25) is 11.8 Å². The van der Waals surface area contributed by atoms with Crippen molar-refractivity contribution in [3.63, 3.8) is 0 Å². The van der Waals surface area contributed by atoms with E-state index in [-0.39, 0.29) is 41.7 Å². The summed E-state index contributed by atoms with van der Waals surface area (Å²) in [5, 5.41) is 30.6. The fourth-order valence-corrected chi connectivity index (χ4v) is 7.47. The number of nitrogens with zero attached hydrogens (tertiary/aromatic N) is 3. The van der Waals surface area contributed by atoms with E-state index in [0.717, 1.165) is 46.2 Å². The molecule has 0 spiro atoms. The lowest BCUT2D eigenvalue weighted by Gasteiger charge is -2.21. The molecule has 0 saturated carbocycles. The van der Waals surface area contributed by atoms with Gasteiger partial charge in [-0.25, -0.2) is 0 Å². The lowest BCUT2D eigenvalue weighted by atomic mass is 9.98. The number of carbonyl (C=O) groups is 2. The highest BCUT2D eigenvalue weighted by molar-refractivity contribution is 8.16. The number of aromatic hydroxyl groups is 1. The van der Waals surface area contributed by atoms with Gasteiger partial charge in [-0.3, -0.25) is 34.2 Å². The number of pyridine rings is 2. The van der Waals surface area contributed by atoms with Crippen molar-refractivity contribution in [3.05, 3.63) is 133 Å². The monoisotopic (exact) mass is 742 g/mol. The summed E-state index contributed by atoms with van der Waals surface area (Å²) in [5.74, 6) is 0.677. The van der Waals surface area contributed by atoms with Crippen LogP contribution in [-0.4, -0.2) is 64.3 Å². The number of rotatable bonds is 15. The number of amides is 2. The van der Waals surface area contributed by atoms with Gasteiger partial charge >= 0.3 is 4.87 Å². The quantitative estimate of drug-likeness (QED) is 0.107. The number of aryl methyl sites for hydroxylation is 1. The number of hydrogen-bond acceptors (Lipinski definition) is 12. The van der Waals surface area contributed by atoms with Crippen molar-refractivity contribution < 1.29 is 34.4 Å². The standard InChI is InChI=1S/C38H38N4O8S2/c1-3-23-8-14-29(39-18-23)31(43)21-50-28-12-6-25(7-13-28)17-38(2)35(46)42(37(48)52-38)20-26-9-15-30(40-19-26)32(44)22-49-27-10-4-24(5-11-27)16-33-34(45)41-36(47)51-33/h4-15,18-19,31-32,43-45H,3,16-17,20-22H2,1-2H3,(H,41,47). The number of benzene rings is 2. The summed E-state index contributed by atoms with van der Waals surface area (Å²) in [5.41, 5.74) is 4.38. The number of H-pyrrole nitrogens is 1. The Morgan fingerprint density at radius 3 is 1.83 bits per heavy atom. The molecule has 270 valence electrons. The van der Waals surface area contributed by atoms with Crippen LogP contribution < -0.4 is 14.3 Å². The Labute approximate surface area is 308 Å². The molecule has 1 saturated heterocycles. The number of aliphatic hydroxyl groups is 2. The Kier molecular flexibility index (Phi) is 11.4. The average molecular weight is 743 g/mol. The number of aromatic nitrogens is 3. The normalized spacial score (nSPS) is 17.0. The SMILES string of the molecule is CCc1ccc(C(O)COc2ccc(CC3(C)SC(=O)N(Cc4ccc(C(O)COc5ccc(Cc6sc(=O)[nH]c6O)cc5)nc4)C3=O)cc2)nc1. The van der Waals surface area contributed by atoms with Crippen LogP contribution in [0.25, 0.3) is 0 Å². The highest BCUT2D eigenvalue weighted by Crippen LogP contribution is 2.40. The van der Waals surface area contributed by atoms with Crippen LogP contribution in [0.4, 0.5) is 4.79 Å². The molecular weight excluding hydrogens is 705 g/mol. The van der Waals surface area contributed by atoms with E-state index in [1.807, 2.05) is 37.3 Å². The molecule has 3 aromatic heterocycles. The van der Waals surface area contributed by atoms with Gasteiger partial charge < -0.3 is 24.8 Å². The molecule has 4 N–H and O–H groups in total. The molecule has 4 heterocycles. The minimum absolute atomic E-state index is 0.0428.